The second-order valence-electron chi connectivity index (χ2n) is 8.62. The van der Waals surface area contributed by atoms with Crippen molar-refractivity contribution < 1.29 is 14.0 Å². The number of carbonyl (C=O) groups is 2. The van der Waals surface area contributed by atoms with Gasteiger partial charge in [-0.3, -0.25) is 14.4 Å². The van der Waals surface area contributed by atoms with Crippen LogP contribution >= 0.6 is 0 Å². The lowest BCUT2D eigenvalue weighted by Gasteiger charge is -2.28. The number of hydrogen-bond acceptors (Lipinski definition) is 4. The van der Waals surface area contributed by atoms with Crippen LogP contribution in [-0.4, -0.2) is 51.2 Å². The Kier molecular flexibility index (Phi) is 6.39. The number of aromatic amines is 1. The van der Waals surface area contributed by atoms with Crippen molar-refractivity contribution in [2.24, 2.45) is 5.92 Å². The molecule has 170 valence electrons. The second kappa shape index (κ2) is 9.22. The van der Waals surface area contributed by atoms with Gasteiger partial charge in [-0.25, -0.2) is 9.37 Å². The van der Waals surface area contributed by atoms with E-state index in [-0.39, 0.29) is 35.4 Å². The van der Waals surface area contributed by atoms with Gasteiger partial charge in [0.15, 0.2) is 0 Å². The zero-order chi connectivity index (χ0) is 22.8. The van der Waals surface area contributed by atoms with Gasteiger partial charge in [-0.05, 0) is 37.8 Å². The molecule has 0 aliphatic carbocycles. The highest BCUT2D eigenvalue weighted by atomic mass is 19.1. The first kappa shape index (κ1) is 22.2. The number of hydrogen-bond donors (Lipinski definition) is 1. The van der Waals surface area contributed by atoms with Crippen LogP contribution in [0.3, 0.4) is 0 Å². The predicted octanol–water partition coefficient (Wildman–Crippen LogP) is 2.86. The molecule has 7 nitrogen and oxygen atoms in total. The van der Waals surface area contributed by atoms with E-state index >= 15 is 0 Å². The van der Waals surface area contributed by atoms with Gasteiger partial charge in [-0.2, -0.15) is 0 Å². The van der Waals surface area contributed by atoms with Crippen molar-refractivity contribution >= 4 is 11.8 Å². The lowest BCUT2D eigenvalue weighted by Crippen LogP contribution is -2.40. The van der Waals surface area contributed by atoms with Gasteiger partial charge in [0.1, 0.15) is 11.6 Å². The fourth-order valence-electron chi connectivity index (χ4n) is 4.71. The van der Waals surface area contributed by atoms with Crippen LogP contribution < -0.4 is 5.56 Å². The van der Waals surface area contributed by atoms with Crippen LogP contribution in [0.2, 0.25) is 0 Å². The van der Waals surface area contributed by atoms with Crippen LogP contribution in [0.1, 0.15) is 66.5 Å². The fourth-order valence-corrected chi connectivity index (χ4v) is 4.71. The van der Waals surface area contributed by atoms with Gasteiger partial charge < -0.3 is 14.8 Å². The molecule has 1 aromatic carbocycles. The SMILES string of the molecule is CCC(CC)C(=O)N1CC[C@@H](c2nc3c(c(=O)[nH]2)CCN(C(=O)c2ccccc2F)C3)C1. The second-order valence-corrected chi connectivity index (χ2v) is 8.62. The van der Waals surface area contributed by atoms with Crippen molar-refractivity contribution in [2.75, 3.05) is 19.6 Å². The van der Waals surface area contributed by atoms with E-state index in [1.54, 1.807) is 12.1 Å². The summed E-state index contributed by atoms with van der Waals surface area (Å²) in [5.74, 6) is -0.240. The molecule has 0 radical (unpaired) electrons. The molecule has 1 saturated heterocycles. The largest absolute Gasteiger partial charge is 0.342 e. The molecule has 0 spiro atoms. The zero-order valence-electron chi connectivity index (χ0n) is 18.6. The number of aromatic nitrogens is 2. The first-order valence-corrected chi connectivity index (χ1v) is 11.4. The van der Waals surface area contributed by atoms with Gasteiger partial charge in [-0.1, -0.05) is 26.0 Å². The van der Waals surface area contributed by atoms with E-state index in [1.807, 2.05) is 18.7 Å². The van der Waals surface area contributed by atoms with E-state index in [4.69, 9.17) is 4.98 Å². The molecule has 3 heterocycles. The normalized spacial score (nSPS) is 18.2. The van der Waals surface area contributed by atoms with Crippen molar-refractivity contribution in [3.8, 4) is 0 Å². The molecule has 1 N–H and O–H groups in total. The lowest BCUT2D eigenvalue weighted by atomic mass is 10.0. The quantitative estimate of drug-likeness (QED) is 0.775. The Hall–Kier alpha value is -3.03. The number of amides is 2. The Morgan fingerprint density at radius 2 is 1.94 bits per heavy atom. The Labute approximate surface area is 186 Å². The van der Waals surface area contributed by atoms with Gasteiger partial charge in [-0.15, -0.1) is 0 Å². The molecule has 2 aliphatic rings. The summed E-state index contributed by atoms with van der Waals surface area (Å²) in [5, 5.41) is 0. The van der Waals surface area contributed by atoms with Crippen molar-refractivity contribution in [3.05, 3.63) is 63.1 Å². The third kappa shape index (κ3) is 4.18. The van der Waals surface area contributed by atoms with E-state index in [1.165, 1.54) is 17.0 Å². The number of halogens is 1. The van der Waals surface area contributed by atoms with Crippen LogP contribution in [0.15, 0.2) is 29.1 Å². The van der Waals surface area contributed by atoms with E-state index < -0.39 is 11.7 Å². The summed E-state index contributed by atoms with van der Waals surface area (Å²) >= 11 is 0. The number of likely N-dealkylation sites (tertiary alicyclic amines) is 1. The van der Waals surface area contributed by atoms with Gasteiger partial charge >= 0.3 is 0 Å². The summed E-state index contributed by atoms with van der Waals surface area (Å²) in [4.78, 5) is 49.3. The van der Waals surface area contributed by atoms with E-state index in [0.717, 1.165) is 19.3 Å². The van der Waals surface area contributed by atoms with Crippen LogP contribution in [0.5, 0.6) is 0 Å². The van der Waals surface area contributed by atoms with Gasteiger partial charge in [0.05, 0.1) is 17.8 Å². The van der Waals surface area contributed by atoms with Gasteiger partial charge in [0.2, 0.25) is 5.91 Å². The monoisotopic (exact) mass is 440 g/mol. The summed E-state index contributed by atoms with van der Waals surface area (Å²) in [6, 6.07) is 5.91. The molecule has 2 aliphatic heterocycles. The van der Waals surface area contributed by atoms with Gasteiger partial charge in [0, 0.05) is 37.0 Å². The zero-order valence-corrected chi connectivity index (χ0v) is 18.6. The van der Waals surface area contributed by atoms with E-state index in [9.17, 15) is 18.8 Å². The Morgan fingerprint density at radius 1 is 1.19 bits per heavy atom. The van der Waals surface area contributed by atoms with Crippen LogP contribution in [0.25, 0.3) is 0 Å². The fraction of sp³-hybridized carbons (Fsp3) is 0.500. The predicted molar refractivity (Wildman–Crippen MR) is 118 cm³/mol. The molecule has 1 atom stereocenters. The van der Waals surface area contributed by atoms with Crippen molar-refractivity contribution in [2.45, 2.75) is 52.0 Å². The summed E-state index contributed by atoms with van der Waals surface area (Å²) in [6.45, 7) is 5.74. The average Bonchev–Trinajstić information content (AvgIpc) is 3.30. The molecule has 8 heteroatoms. The molecule has 2 amide bonds. The number of rotatable bonds is 5. The highest BCUT2D eigenvalue weighted by molar-refractivity contribution is 5.94. The van der Waals surface area contributed by atoms with Crippen molar-refractivity contribution in [3.63, 3.8) is 0 Å². The smallest absolute Gasteiger partial charge is 0.257 e. The summed E-state index contributed by atoms with van der Waals surface area (Å²) in [5.41, 5.74) is 0.971. The molecule has 2 aromatic rings. The minimum atomic E-state index is -0.559. The highest BCUT2D eigenvalue weighted by Gasteiger charge is 2.33. The maximum absolute atomic E-state index is 14.1. The molecule has 32 heavy (non-hydrogen) atoms. The molecule has 1 fully saturated rings. The number of H-pyrrole nitrogens is 1. The first-order chi connectivity index (χ1) is 15.4. The molecule has 0 saturated carbocycles. The van der Waals surface area contributed by atoms with Crippen molar-refractivity contribution in [1.82, 2.24) is 19.8 Å². The standard InChI is InChI=1S/C24H29FN4O3/c1-3-15(4-2)23(31)28-11-9-16(13-28)21-26-20-14-29(12-10-18(20)22(30)27-21)24(32)17-7-5-6-8-19(17)25/h5-8,15-16H,3-4,9-14H2,1-2H3,(H,26,27,30)/t16-/m1/s1. The number of nitrogens with zero attached hydrogens (tertiary/aromatic N) is 3. The third-order valence-corrected chi connectivity index (χ3v) is 6.70. The highest BCUT2D eigenvalue weighted by Crippen LogP contribution is 2.28. The molecule has 4 rings (SSSR count). The number of nitrogens with one attached hydrogen (secondary N) is 1. The number of benzene rings is 1. The van der Waals surface area contributed by atoms with Gasteiger partial charge in [0.25, 0.3) is 11.5 Å². The molecule has 1 aromatic heterocycles. The first-order valence-electron chi connectivity index (χ1n) is 11.4. The Morgan fingerprint density at radius 3 is 2.66 bits per heavy atom. The van der Waals surface area contributed by atoms with Crippen LogP contribution in [0.4, 0.5) is 4.39 Å². The van der Waals surface area contributed by atoms with Crippen LogP contribution in [-0.2, 0) is 17.8 Å². The molecular formula is C24H29FN4O3. The summed E-state index contributed by atoms with van der Waals surface area (Å²) < 4.78 is 14.1. The maximum Gasteiger partial charge on any atom is 0.257 e. The van der Waals surface area contributed by atoms with Crippen molar-refractivity contribution in [1.29, 1.82) is 0 Å². The molecular weight excluding hydrogens is 411 g/mol. The summed E-state index contributed by atoms with van der Waals surface area (Å²) in [7, 11) is 0. The minimum Gasteiger partial charge on any atom is -0.342 e. The summed E-state index contributed by atoms with van der Waals surface area (Å²) in [6.07, 6.45) is 2.75. The molecule has 0 bridgehead atoms. The Bertz CT molecular complexity index is 1080. The average molecular weight is 441 g/mol. The number of carbonyl (C=O) groups excluding carboxylic acids is 2. The van der Waals surface area contributed by atoms with E-state index in [2.05, 4.69) is 4.98 Å². The topological polar surface area (TPSA) is 86.4 Å². The van der Waals surface area contributed by atoms with E-state index in [0.29, 0.717) is 43.1 Å². The molecule has 0 unspecified atom stereocenters. The Balaban J connectivity index is 1.53. The number of fused-ring (bicyclic) bond motifs is 1. The maximum atomic E-state index is 14.1. The minimum absolute atomic E-state index is 0.0207. The third-order valence-electron chi connectivity index (χ3n) is 6.70. The lowest BCUT2D eigenvalue weighted by molar-refractivity contribution is -0.134. The van der Waals surface area contributed by atoms with Crippen LogP contribution in [0, 0.1) is 11.7 Å².